The number of rotatable bonds is 14. The number of hydrogen-bond donors (Lipinski definition) is 2. The molecule has 0 aromatic heterocycles. The average Bonchev–Trinajstić information content (AvgIpc) is 3.34. The molecule has 2 atom stereocenters. The van der Waals surface area contributed by atoms with Gasteiger partial charge in [-0.15, -0.1) is 0 Å². The monoisotopic (exact) mass is 530 g/mol. The largest absolute Gasteiger partial charge is 0.494 e. The molecule has 4 rings (SSSR count). The summed E-state index contributed by atoms with van der Waals surface area (Å²) < 4.78 is 17.9. The average molecular weight is 531 g/mol. The lowest BCUT2D eigenvalue weighted by atomic mass is 9.82. The Morgan fingerprint density at radius 1 is 0.974 bits per heavy atom. The van der Waals surface area contributed by atoms with Crippen molar-refractivity contribution >= 4 is 11.8 Å². The maximum Gasteiger partial charge on any atom is 0.252 e. The number of nitrogens with one attached hydrogen (secondary N) is 1. The molecule has 39 heavy (non-hydrogen) atoms. The highest BCUT2D eigenvalue weighted by Gasteiger charge is 2.53. The number of carbonyl (C=O) groups is 1. The fourth-order valence-corrected chi connectivity index (χ4v) is 4.56. The Hall–Kier alpha value is -3.68. The first-order valence-corrected chi connectivity index (χ1v) is 13.6. The predicted molar refractivity (Wildman–Crippen MR) is 152 cm³/mol. The minimum Gasteiger partial charge on any atom is -0.494 e. The second-order valence-corrected chi connectivity index (χ2v) is 9.89. The third kappa shape index (κ3) is 7.46. The van der Waals surface area contributed by atoms with Gasteiger partial charge in [0.2, 0.25) is 5.90 Å². The van der Waals surface area contributed by atoms with E-state index in [1.165, 1.54) is 0 Å². The van der Waals surface area contributed by atoms with E-state index in [1.54, 1.807) is 0 Å². The number of nitrogens with zero attached hydrogens (tertiary/aromatic N) is 1. The number of amides is 1. The SMILES string of the molecule is CC(C)OCCCNC(=O)[C@]1(Cc2ccccc2)N=C(c2ccc(OCCCO)cc2)O[C@@H]1c1ccccc1. The van der Waals surface area contributed by atoms with E-state index in [9.17, 15) is 4.79 Å². The van der Waals surface area contributed by atoms with Gasteiger partial charge in [0.1, 0.15) is 5.75 Å². The molecule has 0 unspecified atom stereocenters. The number of aliphatic hydroxyl groups is 1. The van der Waals surface area contributed by atoms with Crippen LogP contribution >= 0.6 is 0 Å². The van der Waals surface area contributed by atoms with Gasteiger partial charge in [0.05, 0.1) is 12.7 Å². The molecule has 0 fully saturated rings. The van der Waals surface area contributed by atoms with Crippen LogP contribution in [-0.4, -0.2) is 54.9 Å². The first kappa shape index (κ1) is 28.3. The Kier molecular flexibility index (Phi) is 10.1. The van der Waals surface area contributed by atoms with Gasteiger partial charge in [0.25, 0.3) is 5.91 Å². The lowest BCUT2D eigenvalue weighted by Gasteiger charge is -2.31. The number of carbonyl (C=O) groups excluding carboxylic acids is 1. The fourth-order valence-electron chi connectivity index (χ4n) is 4.56. The lowest BCUT2D eigenvalue weighted by molar-refractivity contribution is -0.129. The van der Waals surface area contributed by atoms with Gasteiger partial charge in [-0.3, -0.25) is 4.79 Å². The highest BCUT2D eigenvalue weighted by atomic mass is 16.5. The molecule has 0 aliphatic carbocycles. The summed E-state index contributed by atoms with van der Waals surface area (Å²) in [6.07, 6.45) is 1.19. The molecule has 0 bridgehead atoms. The van der Waals surface area contributed by atoms with E-state index in [-0.39, 0.29) is 18.6 Å². The second-order valence-electron chi connectivity index (χ2n) is 9.89. The van der Waals surface area contributed by atoms with Crippen LogP contribution in [0.15, 0.2) is 89.9 Å². The third-order valence-electron chi connectivity index (χ3n) is 6.51. The molecule has 7 heteroatoms. The number of hydrogen-bond acceptors (Lipinski definition) is 6. The normalized spacial score (nSPS) is 18.5. The minimum absolute atomic E-state index is 0.0832. The zero-order chi connectivity index (χ0) is 27.5. The number of aliphatic hydroxyl groups excluding tert-OH is 1. The van der Waals surface area contributed by atoms with Gasteiger partial charge in [0.15, 0.2) is 11.6 Å². The maximum atomic E-state index is 14.1. The van der Waals surface area contributed by atoms with Crippen molar-refractivity contribution in [1.29, 1.82) is 0 Å². The van der Waals surface area contributed by atoms with E-state index in [2.05, 4.69) is 5.32 Å². The van der Waals surface area contributed by atoms with Gasteiger partial charge in [-0.2, -0.15) is 0 Å². The summed E-state index contributed by atoms with van der Waals surface area (Å²) in [5.74, 6) is 0.936. The van der Waals surface area contributed by atoms with Crippen molar-refractivity contribution in [2.24, 2.45) is 4.99 Å². The van der Waals surface area contributed by atoms with Gasteiger partial charge in [-0.1, -0.05) is 60.7 Å². The lowest BCUT2D eigenvalue weighted by Crippen LogP contribution is -2.50. The van der Waals surface area contributed by atoms with E-state index >= 15 is 0 Å². The van der Waals surface area contributed by atoms with E-state index < -0.39 is 11.6 Å². The van der Waals surface area contributed by atoms with Crippen molar-refractivity contribution in [2.45, 2.75) is 50.9 Å². The van der Waals surface area contributed by atoms with Crippen molar-refractivity contribution in [3.63, 3.8) is 0 Å². The Morgan fingerprint density at radius 3 is 2.33 bits per heavy atom. The summed E-state index contributed by atoms with van der Waals surface area (Å²) in [6.45, 7) is 5.57. The van der Waals surface area contributed by atoms with Crippen molar-refractivity contribution in [1.82, 2.24) is 5.32 Å². The predicted octanol–water partition coefficient (Wildman–Crippen LogP) is 4.88. The van der Waals surface area contributed by atoms with Crippen LogP contribution in [0.5, 0.6) is 5.75 Å². The first-order chi connectivity index (χ1) is 19.0. The summed E-state index contributed by atoms with van der Waals surface area (Å²) in [7, 11) is 0. The Balaban J connectivity index is 1.66. The van der Waals surface area contributed by atoms with Crippen LogP contribution < -0.4 is 10.1 Å². The molecule has 0 saturated heterocycles. The van der Waals surface area contributed by atoms with Crippen LogP contribution in [-0.2, 0) is 20.7 Å². The molecule has 1 amide bonds. The van der Waals surface area contributed by atoms with E-state index in [0.717, 1.165) is 16.7 Å². The Labute approximate surface area is 230 Å². The molecule has 0 radical (unpaired) electrons. The summed E-state index contributed by atoms with van der Waals surface area (Å²) in [5.41, 5.74) is 1.44. The summed E-state index contributed by atoms with van der Waals surface area (Å²) in [4.78, 5) is 19.1. The van der Waals surface area contributed by atoms with Gasteiger partial charge in [-0.05, 0) is 55.7 Å². The standard InChI is InChI=1S/C32H38N2O5/c1-24(2)37-21-9-19-33-31(36)32(23-25-11-5-3-6-12-25)29(26-13-7-4-8-14-26)39-30(34-32)27-15-17-28(18-16-27)38-22-10-20-35/h3-8,11-18,24,29,35H,9-10,19-23H2,1-2H3,(H,33,36)/t29-,32-/m1/s1. The van der Waals surface area contributed by atoms with E-state index in [1.807, 2.05) is 98.8 Å². The molecule has 2 N–H and O–H groups in total. The highest BCUT2D eigenvalue weighted by molar-refractivity contribution is 6.01. The zero-order valence-corrected chi connectivity index (χ0v) is 22.7. The van der Waals surface area contributed by atoms with Gasteiger partial charge in [0, 0.05) is 38.2 Å². The Bertz CT molecular complexity index is 1200. The zero-order valence-electron chi connectivity index (χ0n) is 22.7. The molecule has 0 spiro atoms. The summed E-state index contributed by atoms with van der Waals surface area (Å²) in [6, 6.07) is 27.2. The van der Waals surface area contributed by atoms with Gasteiger partial charge in [-0.25, -0.2) is 4.99 Å². The van der Waals surface area contributed by atoms with E-state index in [4.69, 9.17) is 24.3 Å². The quantitative estimate of drug-likeness (QED) is 0.290. The molecule has 1 aliphatic heterocycles. The van der Waals surface area contributed by atoms with Crippen molar-refractivity contribution in [3.05, 3.63) is 102 Å². The minimum atomic E-state index is -1.20. The third-order valence-corrected chi connectivity index (χ3v) is 6.51. The summed E-state index contributed by atoms with van der Waals surface area (Å²) in [5, 5.41) is 12.1. The molecule has 7 nitrogen and oxygen atoms in total. The van der Waals surface area contributed by atoms with Crippen molar-refractivity contribution < 1.29 is 24.1 Å². The molecule has 3 aromatic rings. The van der Waals surface area contributed by atoms with Crippen molar-refractivity contribution in [3.8, 4) is 5.75 Å². The van der Waals surface area contributed by atoms with Crippen LogP contribution in [0.3, 0.4) is 0 Å². The van der Waals surface area contributed by atoms with Crippen LogP contribution in [0.4, 0.5) is 0 Å². The molecule has 1 aliphatic rings. The topological polar surface area (TPSA) is 89.4 Å². The highest BCUT2D eigenvalue weighted by Crippen LogP contribution is 2.42. The maximum absolute atomic E-state index is 14.1. The van der Waals surface area contributed by atoms with Crippen molar-refractivity contribution in [2.75, 3.05) is 26.4 Å². The Morgan fingerprint density at radius 2 is 1.67 bits per heavy atom. The van der Waals surface area contributed by atoms with Gasteiger partial charge >= 0.3 is 0 Å². The number of ether oxygens (including phenoxy) is 3. The van der Waals surface area contributed by atoms with Gasteiger partial charge < -0.3 is 24.6 Å². The molecule has 1 heterocycles. The van der Waals surface area contributed by atoms with Crippen LogP contribution in [0.2, 0.25) is 0 Å². The van der Waals surface area contributed by atoms with E-state index in [0.29, 0.717) is 50.7 Å². The van der Waals surface area contributed by atoms with Crippen LogP contribution in [0.25, 0.3) is 0 Å². The number of benzene rings is 3. The molecule has 3 aromatic carbocycles. The molecular weight excluding hydrogens is 492 g/mol. The molecular formula is C32H38N2O5. The van der Waals surface area contributed by atoms with Crippen LogP contribution in [0, 0.1) is 0 Å². The first-order valence-electron chi connectivity index (χ1n) is 13.6. The fraction of sp³-hybridized carbons (Fsp3) is 0.375. The molecule has 0 saturated carbocycles. The smallest absolute Gasteiger partial charge is 0.252 e. The number of aliphatic imine (C=N–C) groups is 1. The summed E-state index contributed by atoms with van der Waals surface area (Å²) >= 11 is 0. The second kappa shape index (κ2) is 13.9. The van der Waals surface area contributed by atoms with Crippen LogP contribution in [0.1, 0.15) is 49.5 Å². The molecule has 206 valence electrons.